The van der Waals surface area contributed by atoms with Gasteiger partial charge >= 0.3 is 0 Å². The average molecular weight is 156 g/mol. The molecule has 1 aliphatic rings. The summed E-state index contributed by atoms with van der Waals surface area (Å²) >= 11 is 0. The van der Waals surface area contributed by atoms with Gasteiger partial charge in [0.05, 0.1) is 0 Å². The van der Waals surface area contributed by atoms with Crippen molar-refractivity contribution < 1.29 is 0 Å². The smallest absolute Gasteiger partial charge is 0.115 e. The van der Waals surface area contributed by atoms with Crippen LogP contribution in [0, 0.1) is 0 Å². The third-order valence-corrected chi connectivity index (χ3v) is 1.68. The van der Waals surface area contributed by atoms with E-state index in [0.29, 0.717) is 0 Å². The van der Waals surface area contributed by atoms with E-state index in [-0.39, 0.29) is 0 Å². The molecule has 0 unspecified atom stereocenters. The molecule has 0 saturated carbocycles. The van der Waals surface area contributed by atoms with E-state index in [4.69, 9.17) is 0 Å². The summed E-state index contributed by atoms with van der Waals surface area (Å²) in [5.41, 5.74) is 2.28. The summed E-state index contributed by atoms with van der Waals surface area (Å²) < 4.78 is 0. The summed E-state index contributed by atoms with van der Waals surface area (Å²) in [7, 11) is 0. The number of hydrogen-bond donors (Lipinski definition) is 0. The molecular weight excluding hydrogens is 148 g/mol. The Kier molecular flexibility index (Phi) is 1.82. The van der Waals surface area contributed by atoms with Gasteiger partial charge in [-0.05, 0) is 11.6 Å². The average Bonchev–Trinajstić information content (AvgIpc) is 2.06. The van der Waals surface area contributed by atoms with Crippen molar-refractivity contribution in [3.63, 3.8) is 0 Å². The van der Waals surface area contributed by atoms with Crippen LogP contribution in [0.4, 0.5) is 0 Å². The molecule has 0 radical (unpaired) electrons. The molecule has 0 aliphatic carbocycles. The van der Waals surface area contributed by atoms with Crippen LogP contribution < -0.4 is 0 Å². The van der Waals surface area contributed by atoms with Crippen molar-refractivity contribution in [2.24, 2.45) is 9.98 Å². The molecule has 0 N–H and O–H groups in total. The first kappa shape index (κ1) is 6.98. The maximum absolute atomic E-state index is 4.00. The molecule has 1 aromatic rings. The predicted octanol–water partition coefficient (Wildman–Crippen LogP) is 2.12. The van der Waals surface area contributed by atoms with Crippen LogP contribution in [0.15, 0.2) is 40.5 Å². The second-order valence-corrected chi connectivity index (χ2v) is 2.49. The molecule has 0 fully saturated rings. The molecule has 0 spiro atoms. The van der Waals surface area contributed by atoms with E-state index in [2.05, 4.69) is 9.98 Å². The van der Waals surface area contributed by atoms with Crippen molar-refractivity contribution in [3.8, 4) is 0 Å². The van der Waals surface area contributed by atoms with Gasteiger partial charge in [-0.3, -0.25) is 0 Å². The lowest BCUT2D eigenvalue weighted by Crippen LogP contribution is -1.87. The Hall–Kier alpha value is -1.70. The largest absolute Gasteiger partial charge is 0.245 e. The van der Waals surface area contributed by atoms with Crippen molar-refractivity contribution in [1.82, 2.24) is 0 Å². The molecule has 12 heavy (non-hydrogen) atoms. The standard InChI is InChI=1S/C10H8N2/c1-2-4-10-7-12-8-11-6-5-9(10)3-1/h1-8H. The topological polar surface area (TPSA) is 24.7 Å². The Morgan fingerprint density at radius 1 is 0.917 bits per heavy atom. The zero-order chi connectivity index (χ0) is 8.23. The van der Waals surface area contributed by atoms with Gasteiger partial charge in [0.2, 0.25) is 0 Å². The van der Waals surface area contributed by atoms with Gasteiger partial charge in [0.25, 0.3) is 0 Å². The van der Waals surface area contributed by atoms with Crippen LogP contribution in [0.2, 0.25) is 0 Å². The third-order valence-electron chi connectivity index (χ3n) is 1.68. The van der Waals surface area contributed by atoms with Gasteiger partial charge in [0.1, 0.15) is 6.34 Å². The van der Waals surface area contributed by atoms with E-state index in [1.165, 1.54) is 6.34 Å². The number of hydrogen-bond acceptors (Lipinski definition) is 2. The predicted molar refractivity (Wildman–Crippen MR) is 51.6 cm³/mol. The van der Waals surface area contributed by atoms with E-state index < -0.39 is 0 Å². The minimum absolute atomic E-state index is 1.12. The highest BCUT2D eigenvalue weighted by molar-refractivity contribution is 5.90. The Labute approximate surface area is 71.0 Å². The van der Waals surface area contributed by atoms with Crippen LogP contribution in [0.3, 0.4) is 0 Å². The molecule has 2 nitrogen and oxygen atoms in total. The molecule has 1 aromatic carbocycles. The molecule has 1 aliphatic heterocycles. The minimum Gasteiger partial charge on any atom is -0.245 e. The van der Waals surface area contributed by atoms with Crippen molar-refractivity contribution >= 4 is 18.6 Å². The summed E-state index contributed by atoms with van der Waals surface area (Å²) in [4.78, 5) is 7.93. The highest BCUT2D eigenvalue weighted by Gasteiger charge is 1.94. The highest BCUT2D eigenvalue weighted by Crippen LogP contribution is 2.09. The molecule has 0 saturated heterocycles. The van der Waals surface area contributed by atoms with E-state index in [9.17, 15) is 0 Å². The van der Waals surface area contributed by atoms with Gasteiger partial charge in [-0.2, -0.15) is 0 Å². The molecule has 0 amide bonds. The second-order valence-electron chi connectivity index (χ2n) is 2.49. The first-order chi connectivity index (χ1) is 5.97. The van der Waals surface area contributed by atoms with Crippen molar-refractivity contribution in [2.75, 3.05) is 0 Å². The molecule has 2 rings (SSSR count). The Morgan fingerprint density at radius 2 is 1.75 bits per heavy atom. The lowest BCUT2D eigenvalue weighted by atomic mass is 10.1. The number of fused-ring (bicyclic) bond motifs is 1. The molecule has 0 aromatic heterocycles. The first-order valence-electron chi connectivity index (χ1n) is 3.77. The van der Waals surface area contributed by atoms with Gasteiger partial charge < -0.3 is 0 Å². The zero-order valence-corrected chi connectivity index (χ0v) is 6.51. The zero-order valence-electron chi connectivity index (χ0n) is 6.51. The fraction of sp³-hybridized carbons (Fsp3) is 0. The van der Waals surface area contributed by atoms with Crippen LogP contribution in [0.1, 0.15) is 11.1 Å². The number of aliphatic imine (C=N–C) groups is 2. The molecule has 0 atom stereocenters. The molecule has 0 bridgehead atoms. The van der Waals surface area contributed by atoms with Gasteiger partial charge in [-0.1, -0.05) is 24.3 Å². The fourth-order valence-corrected chi connectivity index (χ4v) is 1.09. The van der Waals surface area contributed by atoms with Crippen molar-refractivity contribution in [1.29, 1.82) is 0 Å². The van der Waals surface area contributed by atoms with Crippen LogP contribution in [-0.2, 0) is 0 Å². The van der Waals surface area contributed by atoms with E-state index in [1.54, 1.807) is 6.20 Å². The molecular formula is C10H8N2. The maximum Gasteiger partial charge on any atom is 0.115 e. The summed E-state index contributed by atoms with van der Waals surface area (Å²) in [6.45, 7) is 0. The molecule has 58 valence electrons. The first-order valence-corrected chi connectivity index (χ1v) is 3.77. The number of rotatable bonds is 0. The Morgan fingerprint density at radius 3 is 2.67 bits per heavy atom. The van der Waals surface area contributed by atoms with E-state index in [0.717, 1.165) is 11.1 Å². The summed E-state index contributed by atoms with van der Waals surface area (Å²) in [6, 6.07) is 8.07. The third kappa shape index (κ3) is 1.32. The normalized spacial score (nSPS) is 13.7. The Balaban J connectivity index is 2.54. The van der Waals surface area contributed by atoms with Crippen LogP contribution in [0.5, 0.6) is 0 Å². The monoisotopic (exact) mass is 156 g/mol. The summed E-state index contributed by atoms with van der Waals surface area (Å²) in [5, 5.41) is 0. The minimum atomic E-state index is 1.12. The van der Waals surface area contributed by atoms with Crippen molar-refractivity contribution in [3.05, 3.63) is 41.6 Å². The van der Waals surface area contributed by atoms with Crippen LogP contribution in [0.25, 0.3) is 6.08 Å². The maximum atomic E-state index is 4.00. The molecule has 1 heterocycles. The lowest BCUT2D eigenvalue weighted by molar-refractivity contribution is 1.52. The van der Waals surface area contributed by atoms with Gasteiger partial charge in [0, 0.05) is 18.0 Å². The van der Waals surface area contributed by atoms with Gasteiger partial charge in [-0.25, -0.2) is 9.98 Å². The SMILES string of the molecule is C1=Cc2ccccc2C=NC=N1. The van der Waals surface area contributed by atoms with Gasteiger partial charge in [-0.15, -0.1) is 0 Å². The Bertz CT molecular complexity index is 327. The summed E-state index contributed by atoms with van der Waals surface area (Å²) in [6.07, 6.45) is 7.06. The lowest BCUT2D eigenvalue weighted by Gasteiger charge is -1.99. The number of benzene rings is 1. The quantitative estimate of drug-likeness (QED) is 0.549. The van der Waals surface area contributed by atoms with Crippen LogP contribution >= 0.6 is 0 Å². The summed E-state index contributed by atoms with van der Waals surface area (Å²) in [5.74, 6) is 0. The molecule has 2 heteroatoms. The van der Waals surface area contributed by atoms with E-state index >= 15 is 0 Å². The fourth-order valence-electron chi connectivity index (χ4n) is 1.09. The number of nitrogens with zero attached hydrogens (tertiary/aromatic N) is 2. The highest BCUT2D eigenvalue weighted by atomic mass is 14.8. The van der Waals surface area contributed by atoms with Crippen LogP contribution in [-0.4, -0.2) is 12.6 Å². The second kappa shape index (κ2) is 3.13. The van der Waals surface area contributed by atoms with Crippen molar-refractivity contribution in [2.45, 2.75) is 0 Å². The van der Waals surface area contributed by atoms with E-state index in [1.807, 2.05) is 36.6 Å². The van der Waals surface area contributed by atoms with Gasteiger partial charge in [0.15, 0.2) is 0 Å².